The van der Waals surface area contributed by atoms with Gasteiger partial charge in [0.05, 0.1) is 28.2 Å². The van der Waals surface area contributed by atoms with Gasteiger partial charge in [0.2, 0.25) is 0 Å². The largest absolute Gasteiger partial charge is 1.00 e. The van der Waals surface area contributed by atoms with Gasteiger partial charge in [-0.3, -0.25) is 18.7 Å². The molecule has 0 aliphatic carbocycles. The zero-order valence-corrected chi connectivity index (χ0v) is 16.0. The van der Waals surface area contributed by atoms with Crippen LogP contribution in [0.3, 0.4) is 0 Å². The third kappa shape index (κ3) is 3.68. The second kappa shape index (κ2) is 8.35. The van der Waals surface area contributed by atoms with Crippen LogP contribution in [0.2, 0.25) is 0 Å². The Hall–Kier alpha value is -3.00. The van der Waals surface area contributed by atoms with E-state index in [2.05, 4.69) is 6.07 Å². The number of rotatable bonds is 5. The molecule has 2 aromatic heterocycles. The molecule has 1 aromatic carbocycles. The Balaban J connectivity index is 0.00000210. The number of fused-ring (bicyclic) bond motifs is 1. The number of nitrogens with zero attached hydrogens (tertiary/aromatic N) is 4. The molecule has 0 saturated heterocycles. The van der Waals surface area contributed by atoms with Crippen molar-refractivity contribution in [1.29, 1.82) is 5.26 Å². The number of aliphatic carboxylic acids is 1. The summed E-state index contributed by atoms with van der Waals surface area (Å²) < 4.78 is 4.22. The van der Waals surface area contributed by atoms with Gasteiger partial charge in [0.15, 0.2) is 0 Å². The van der Waals surface area contributed by atoms with Crippen LogP contribution in [-0.4, -0.2) is 24.8 Å². The molecule has 140 valence electrons. The van der Waals surface area contributed by atoms with Crippen molar-refractivity contribution in [1.82, 2.24) is 13.7 Å². The minimum atomic E-state index is -0.900. The number of hydrogen-bond acceptors (Lipinski definition) is 4. The fourth-order valence-electron chi connectivity index (χ4n) is 3.21. The van der Waals surface area contributed by atoms with E-state index in [0.717, 1.165) is 4.57 Å². The zero-order chi connectivity index (χ0) is 19.7. The molecule has 0 aliphatic rings. The fraction of sp³-hybridized carbons (Fsp3) is 0.263. The summed E-state index contributed by atoms with van der Waals surface area (Å²) in [5.41, 5.74) is 1.28. The molecule has 3 rings (SSSR count). The Labute approximate surface area is 173 Å². The molecule has 9 heteroatoms. The molecule has 0 bridgehead atoms. The minimum absolute atomic E-state index is 0. The van der Waals surface area contributed by atoms with Gasteiger partial charge < -0.3 is 11.1 Å². The maximum absolute atomic E-state index is 12.8. The average Bonchev–Trinajstić information content (AvgIpc) is 3.04. The van der Waals surface area contributed by atoms with Crippen LogP contribution in [0.1, 0.15) is 19.8 Å². The average molecular weight is 374 g/mol. The molecule has 0 amide bonds. The van der Waals surface area contributed by atoms with Gasteiger partial charge in [0.25, 0.3) is 5.56 Å². The summed E-state index contributed by atoms with van der Waals surface area (Å²) in [4.78, 5) is 35.9. The van der Waals surface area contributed by atoms with Crippen molar-refractivity contribution < 1.29 is 30.2 Å². The monoisotopic (exact) mass is 374 g/mol. The summed E-state index contributed by atoms with van der Waals surface area (Å²) in [6, 6.07) is 8.92. The molecule has 8 nitrogen and oxygen atoms in total. The van der Waals surface area contributed by atoms with Crippen LogP contribution in [-0.2, 0) is 25.4 Å². The van der Waals surface area contributed by atoms with Crippen LogP contribution >= 0.6 is 0 Å². The van der Waals surface area contributed by atoms with Crippen LogP contribution in [0.15, 0.2) is 40.1 Å². The van der Waals surface area contributed by atoms with Gasteiger partial charge in [-0.25, -0.2) is 4.79 Å². The van der Waals surface area contributed by atoms with Crippen molar-refractivity contribution in [3.05, 3.63) is 56.9 Å². The first-order valence-electron chi connectivity index (χ1n) is 8.36. The van der Waals surface area contributed by atoms with Crippen molar-refractivity contribution in [2.75, 3.05) is 0 Å². The van der Waals surface area contributed by atoms with Crippen molar-refractivity contribution in [2.24, 2.45) is 14.1 Å². The second-order valence-corrected chi connectivity index (χ2v) is 6.33. The molecular formula is C19H19LiN4O4. The third-order valence-corrected chi connectivity index (χ3v) is 4.57. The topological polar surface area (TPSA) is 110 Å². The zero-order valence-electron chi connectivity index (χ0n) is 17.0. The summed E-state index contributed by atoms with van der Waals surface area (Å²) in [6.45, 7) is 0.366. The molecule has 0 aliphatic heterocycles. The summed E-state index contributed by atoms with van der Waals surface area (Å²) >= 11 is 0. The quantitative estimate of drug-likeness (QED) is 0.550. The van der Waals surface area contributed by atoms with Crippen molar-refractivity contribution in [3.63, 3.8) is 0 Å². The number of aryl methyl sites for hydroxylation is 2. The van der Waals surface area contributed by atoms with Gasteiger partial charge in [-0.2, -0.15) is 5.26 Å². The Morgan fingerprint density at radius 3 is 2.61 bits per heavy atom. The molecule has 0 fully saturated rings. The Morgan fingerprint density at radius 2 is 1.96 bits per heavy atom. The molecule has 0 saturated carbocycles. The Morgan fingerprint density at radius 1 is 1.25 bits per heavy atom. The van der Waals surface area contributed by atoms with Crippen LogP contribution < -0.4 is 30.1 Å². The molecule has 0 radical (unpaired) electrons. The van der Waals surface area contributed by atoms with Gasteiger partial charge in [-0.05, 0) is 18.6 Å². The van der Waals surface area contributed by atoms with E-state index in [9.17, 15) is 19.6 Å². The van der Waals surface area contributed by atoms with Gasteiger partial charge in [0.1, 0.15) is 0 Å². The van der Waals surface area contributed by atoms with Gasteiger partial charge in [-0.15, -0.1) is 0 Å². The summed E-state index contributed by atoms with van der Waals surface area (Å²) in [5.74, 6) is -0.900. The smallest absolute Gasteiger partial charge is 1.00 e. The van der Waals surface area contributed by atoms with Gasteiger partial charge >= 0.3 is 30.5 Å². The second-order valence-electron chi connectivity index (χ2n) is 6.33. The van der Waals surface area contributed by atoms with E-state index in [4.69, 9.17) is 5.11 Å². The SMILES string of the molecule is Cn1c(=O)c2c(-c3cccc(C#N)c3)n(CCCC(=O)O)cc2n(C)c1=O.[H-].[Li+]. The van der Waals surface area contributed by atoms with Crippen LogP contribution in [0.5, 0.6) is 0 Å². The van der Waals surface area contributed by atoms with E-state index in [1.807, 2.05) is 0 Å². The Kier molecular flexibility index (Phi) is 6.35. The first-order chi connectivity index (χ1) is 12.8. The maximum atomic E-state index is 12.8. The van der Waals surface area contributed by atoms with Crippen molar-refractivity contribution >= 4 is 16.9 Å². The number of carbonyl (C=O) groups is 1. The summed E-state index contributed by atoms with van der Waals surface area (Å²) in [5, 5.41) is 18.5. The number of benzene rings is 1. The van der Waals surface area contributed by atoms with Crippen LogP contribution in [0.25, 0.3) is 22.2 Å². The normalized spacial score (nSPS) is 10.5. The number of hydrogen-bond donors (Lipinski definition) is 1. The first kappa shape index (κ1) is 21.3. The van der Waals surface area contributed by atoms with E-state index < -0.39 is 17.2 Å². The Bertz CT molecular complexity index is 1220. The van der Waals surface area contributed by atoms with Crippen molar-refractivity contribution in [2.45, 2.75) is 19.4 Å². The molecule has 0 unspecified atom stereocenters. The molecular weight excluding hydrogens is 355 g/mol. The molecule has 0 spiro atoms. The molecule has 2 heterocycles. The minimum Gasteiger partial charge on any atom is -1.00 e. The molecule has 1 N–H and O–H groups in total. The molecule has 28 heavy (non-hydrogen) atoms. The van der Waals surface area contributed by atoms with Crippen LogP contribution in [0, 0.1) is 11.3 Å². The van der Waals surface area contributed by atoms with E-state index in [1.54, 1.807) is 42.1 Å². The number of nitriles is 1. The van der Waals surface area contributed by atoms with E-state index >= 15 is 0 Å². The van der Waals surface area contributed by atoms with Gasteiger partial charge in [0, 0.05) is 38.8 Å². The van der Waals surface area contributed by atoms with Crippen molar-refractivity contribution in [3.8, 4) is 17.3 Å². The standard InChI is InChI=1S/C19H18N4O4.Li.H/c1-21-14-11-23(8-4-7-15(24)25)17(13-6-3-5-12(9-13)10-20)16(14)18(26)22(2)19(21)27;;/h3,5-6,9,11H,4,7-8H2,1-2H3,(H,24,25);;/q;+1;-1. The third-order valence-electron chi connectivity index (χ3n) is 4.57. The molecule has 3 aromatic rings. The fourth-order valence-corrected chi connectivity index (χ4v) is 3.21. The van der Waals surface area contributed by atoms with Crippen LogP contribution in [0.4, 0.5) is 0 Å². The van der Waals surface area contributed by atoms with Gasteiger partial charge in [-0.1, -0.05) is 12.1 Å². The first-order valence-corrected chi connectivity index (χ1v) is 8.36. The van der Waals surface area contributed by atoms with E-state index in [1.165, 1.54) is 11.6 Å². The van der Waals surface area contributed by atoms with E-state index in [0.29, 0.717) is 40.7 Å². The maximum Gasteiger partial charge on any atom is 1.00 e. The molecule has 0 atom stereocenters. The van der Waals surface area contributed by atoms with E-state index in [-0.39, 0.29) is 26.7 Å². The summed E-state index contributed by atoms with van der Waals surface area (Å²) in [7, 11) is 3.00. The predicted molar refractivity (Wildman–Crippen MR) is 101 cm³/mol. The number of carboxylic acid groups (broad SMARTS) is 1. The number of carboxylic acids is 1. The summed E-state index contributed by atoms with van der Waals surface area (Å²) in [6.07, 6.45) is 2.05. The number of aromatic nitrogens is 3. The predicted octanol–water partition coefficient (Wildman–Crippen LogP) is -1.44.